The number of carbonyl (C=O) groups excluding carboxylic acids is 1. The van der Waals surface area contributed by atoms with E-state index in [-0.39, 0.29) is 12.1 Å². The first-order chi connectivity index (χ1) is 9.65. The maximum atomic E-state index is 12.1. The van der Waals surface area contributed by atoms with Crippen molar-refractivity contribution >= 4 is 6.03 Å². The summed E-state index contributed by atoms with van der Waals surface area (Å²) in [4.78, 5) is 13.7. The normalized spacial score (nSPS) is 17.9. The SMILES string of the molecule is CC(C)C(Cn1nccn1)NC(=O)NC1CCCCC1. The molecular formula is C14H25N5O. The molecule has 6 heteroatoms. The standard InChI is InChI=1S/C14H25N5O/c1-11(2)13(10-19-15-8-9-16-19)18-14(20)17-12-6-4-3-5-7-12/h8-9,11-13H,3-7,10H2,1-2H3,(H2,17,18,20). The van der Waals surface area contributed by atoms with Gasteiger partial charge in [-0.05, 0) is 18.8 Å². The Labute approximate surface area is 120 Å². The van der Waals surface area contributed by atoms with Gasteiger partial charge in [-0.1, -0.05) is 33.1 Å². The smallest absolute Gasteiger partial charge is 0.315 e. The monoisotopic (exact) mass is 279 g/mol. The van der Waals surface area contributed by atoms with Crippen LogP contribution in [0, 0.1) is 5.92 Å². The van der Waals surface area contributed by atoms with Gasteiger partial charge in [0.25, 0.3) is 0 Å². The zero-order valence-corrected chi connectivity index (χ0v) is 12.4. The molecule has 1 aromatic rings. The average Bonchev–Trinajstić information content (AvgIpc) is 2.92. The maximum absolute atomic E-state index is 12.1. The van der Waals surface area contributed by atoms with Gasteiger partial charge in [0, 0.05) is 6.04 Å². The van der Waals surface area contributed by atoms with Crippen molar-refractivity contribution in [3.63, 3.8) is 0 Å². The molecule has 1 atom stereocenters. The molecular weight excluding hydrogens is 254 g/mol. The predicted molar refractivity (Wildman–Crippen MR) is 77.2 cm³/mol. The van der Waals surface area contributed by atoms with Crippen LogP contribution in [0.3, 0.4) is 0 Å². The molecule has 2 amide bonds. The average molecular weight is 279 g/mol. The number of nitrogens with one attached hydrogen (secondary N) is 2. The Hall–Kier alpha value is -1.59. The van der Waals surface area contributed by atoms with Crippen LogP contribution in [0.15, 0.2) is 12.4 Å². The van der Waals surface area contributed by atoms with E-state index < -0.39 is 0 Å². The van der Waals surface area contributed by atoms with Crippen molar-refractivity contribution in [3.8, 4) is 0 Å². The van der Waals surface area contributed by atoms with Gasteiger partial charge in [0.15, 0.2) is 0 Å². The minimum absolute atomic E-state index is 0.0333. The first-order valence-corrected chi connectivity index (χ1v) is 7.56. The van der Waals surface area contributed by atoms with E-state index in [0.29, 0.717) is 18.5 Å². The molecule has 112 valence electrons. The first kappa shape index (κ1) is 14.8. The second-order valence-corrected chi connectivity index (χ2v) is 5.89. The van der Waals surface area contributed by atoms with Crippen LogP contribution in [0.1, 0.15) is 46.0 Å². The van der Waals surface area contributed by atoms with Gasteiger partial charge in [0.05, 0.1) is 25.0 Å². The molecule has 0 spiro atoms. The molecule has 1 fully saturated rings. The van der Waals surface area contributed by atoms with Crippen molar-refractivity contribution in [2.24, 2.45) is 5.92 Å². The van der Waals surface area contributed by atoms with Gasteiger partial charge in [-0.2, -0.15) is 15.0 Å². The summed E-state index contributed by atoms with van der Waals surface area (Å²) in [5.74, 6) is 0.332. The Balaban J connectivity index is 1.82. The number of urea groups is 1. The van der Waals surface area contributed by atoms with Crippen LogP contribution in [-0.2, 0) is 6.54 Å². The Kier molecular flexibility index (Phi) is 5.38. The van der Waals surface area contributed by atoms with Crippen LogP contribution in [-0.4, -0.2) is 33.1 Å². The van der Waals surface area contributed by atoms with Gasteiger partial charge < -0.3 is 10.6 Å². The molecule has 1 aliphatic rings. The summed E-state index contributed by atoms with van der Waals surface area (Å²) in [6, 6.07) is 0.299. The van der Waals surface area contributed by atoms with Crippen LogP contribution in [0.25, 0.3) is 0 Å². The lowest BCUT2D eigenvalue weighted by Gasteiger charge is -2.26. The molecule has 1 saturated carbocycles. The van der Waals surface area contributed by atoms with E-state index in [9.17, 15) is 4.79 Å². The van der Waals surface area contributed by atoms with Crippen LogP contribution < -0.4 is 10.6 Å². The third kappa shape index (κ3) is 4.51. The molecule has 0 radical (unpaired) electrons. The molecule has 1 heterocycles. The van der Waals surface area contributed by atoms with E-state index in [0.717, 1.165) is 12.8 Å². The van der Waals surface area contributed by atoms with Crippen LogP contribution in [0.4, 0.5) is 4.79 Å². The quantitative estimate of drug-likeness (QED) is 0.865. The lowest BCUT2D eigenvalue weighted by atomic mass is 9.96. The number of nitrogens with zero attached hydrogens (tertiary/aromatic N) is 3. The van der Waals surface area contributed by atoms with E-state index >= 15 is 0 Å². The number of rotatable bonds is 5. The fourth-order valence-electron chi connectivity index (χ4n) is 2.58. The van der Waals surface area contributed by atoms with E-state index in [1.807, 2.05) is 0 Å². The number of amides is 2. The third-order valence-corrected chi connectivity index (χ3v) is 3.89. The maximum Gasteiger partial charge on any atom is 0.315 e. The van der Waals surface area contributed by atoms with E-state index in [1.165, 1.54) is 19.3 Å². The molecule has 6 nitrogen and oxygen atoms in total. The molecule has 2 N–H and O–H groups in total. The molecule has 0 bridgehead atoms. The van der Waals surface area contributed by atoms with Crippen molar-refractivity contribution in [1.29, 1.82) is 0 Å². The predicted octanol–water partition coefficient (Wildman–Crippen LogP) is 1.93. The van der Waals surface area contributed by atoms with Crippen molar-refractivity contribution in [2.75, 3.05) is 0 Å². The minimum atomic E-state index is -0.0669. The highest BCUT2D eigenvalue weighted by Crippen LogP contribution is 2.17. The van der Waals surface area contributed by atoms with Crippen molar-refractivity contribution in [3.05, 3.63) is 12.4 Å². The molecule has 1 aromatic heterocycles. The van der Waals surface area contributed by atoms with Gasteiger partial charge in [-0.15, -0.1) is 0 Å². The summed E-state index contributed by atoms with van der Waals surface area (Å²) in [6.07, 6.45) is 9.23. The highest BCUT2D eigenvalue weighted by atomic mass is 16.2. The Bertz CT molecular complexity index is 398. The zero-order valence-electron chi connectivity index (χ0n) is 12.4. The highest BCUT2D eigenvalue weighted by Gasteiger charge is 2.20. The van der Waals surface area contributed by atoms with Crippen molar-refractivity contribution < 1.29 is 4.79 Å². The molecule has 0 saturated heterocycles. The second-order valence-electron chi connectivity index (χ2n) is 5.89. The number of hydrogen-bond acceptors (Lipinski definition) is 3. The van der Waals surface area contributed by atoms with E-state index in [1.54, 1.807) is 17.2 Å². The Morgan fingerprint density at radius 2 is 1.90 bits per heavy atom. The second kappa shape index (κ2) is 7.26. The largest absolute Gasteiger partial charge is 0.335 e. The molecule has 0 aliphatic heterocycles. The van der Waals surface area contributed by atoms with E-state index in [2.05, 4.69) is 34.7 Å². The summed E-state index contributed by atoms with van der Waals surface area (Å²) in [7, 11) is 0. The topological polar surface area (TPSA) is 71.8 Å². The number of hydrogen-bond donors (Lipinski definition) is 2. The molecule has 1 unspecified atom stereocenters. The third-order valence-electron chi connectivity index (χ3n) is 3.89. The fraction of sp³-hybridized carbons (Fsp3) is 0.786. The van der Waals surface area contributed by atoms with Gasteiger partial charge in [-0.25, -0.2) is 4.79 Å². The van der Waals surface area contributed by atoms with Crippen LogP contribution >= 0.6 is 0 Å². The lowest BCUT2D eigenvalue weighted by molar-refractivity contribution is 0.220. The van der Waals surface area contributed by atoms with Crippen LogP contribution in [0.5, 0.6) is 0 Å². The van der Waals surface area contributed by atoms with Crippen molar-refractivity contribution in [2.45, 2.75) is 64.6 Å². The molecule has 1 aliphatic carbocycles. The molecule has 0 aromatic carbocycles. The zero-order chi connectivity index (χ0) is 14.4. The fourth-order valence-corrected chi connectivity index (χ4v) is 2.58. The lowest BCUT2D eigenvalue weighted by Crippen LogP contribution is -2.49. The number of carbonyl (C=O) groups is 1. The van der Waals surface area contributed by atoms with Gasteiger partial charge in [0.2, 0.25) is 0 Å². The Morgan fingerprint density at radius 3 is 2.50 bits per heavy atom. The summed E-state index contributed by atoms with van der Waals surface area (Å²) in [5.41, 5.74) is 0. The summed E-state index contributed by atoms with van der Waals surface area (Å²) >= 11 is 0. The van der Waals surface area contributed by atoms with Crippen LogP contribution in [0.2, 0.25) is 0 Å². The van der Waals surface area contributed by atoms with Gasteiger partial charge in [-0.3, -0.25) is 0 Å². The summed E-state index contributed by atoms with van der Waals surface area (Å²) in [6.45, 7) is 4.78. The molecule has 2 rings (SSSR count). The summed E-state index contributed by atoms with van der Waals surface area (Å²) < 4.78 is 0. The van der Waals surface area contributed by atoms with Gasteiger partial charge in [0.1, 0.15) is 0 Å². The van der Waals surface area contributed by atoms with Crippen molar-refractivity contribution in [1.82, 2.24) is 25.6 Å². The van der Waals surface area contributed by atoms with Gasteiger partial charge >= 0.3 is 6.03 Å². The number of aromatic nitrogens is 3. The Morgan fingerprint density at radius 1 is 1.25 bits per heavy atom. The highest BCUT2D eigenvalue weighted by molar-refractivity contribution is 5.74. The van der Waals surface area contributed by atoms with E-state index in [4.69, 9.17) is 0 Å². The first-order valence-electron chi connectivity index (χ1n) is 7.56. The summed E-state index contributed by atoms with van der Waals surface area (Å²) in [5, 5.41) is 14.3. The minimum Gasteiger partial charge on any atom is -0.335 e. The molecule has 20 heavy (non-hydrogen) atoms.